The van der Waals surface area contributed by atoms with Crippen molar-refractivity contribution >= 4 is 40.2 Å². The van der Waals surface area contributed by atoms with E-state index >= 15 is 0 Å². The number of aromatic amines is 1. The molecule has 1 aromatic carbocycles. The first-order valence-corrected chi connectivity index (χ1v) is 13.1. The second-order valence-corrected chi connectivity index (χ2v) is 11.0. The highest BCUT2D eigenvalue weighted by Gasteiger charge is 2.58. The van der Waals surface area contributed by atoms with Crippen LogP contribution < -0.4 is 10.6 Å². The van der Waals surface area contributed by atoms with Gasteiger partial charge in [0.2, 0.25) is 17.7 Å². The van der Waals surface area contributed by atoms with Crippen molar-refractivity contribution in [3.8, 4) is 6.07 Å². The summed E-state index contributed by atoms with van der Waals surface area (Å²) in [5.41, 5.74) is -0.319. The molecular weight excluding hydrogens is 542 g/mol. The lowest BCUT2D eigenvalue weighted by atomic mass is 9.90. The van der Waals surface area contributed by atoms with E-state index in [2.05, 4.69) is 15.6 Å². The van der Waals surface area contributed by atoms with E-state index in [1.165, 1.54) is 17.0 Å². The van der Waals surface area contributed by atoms with Crippen LogP contribution in [0.1, 0.15) is 54.6 Å². The lowest BCUT2D eigenvalue weighted by Crippen LogP contribution is -2.52. The van der Waals surface area contributed by atoms with E-state index in [0.717, 1.165) is 12.5 Å². The third-order valence-electron chi connectivity index (χ3n) is 8.04. The molecule has 3 fully saturated rings. The summed E-state index contributed by atoms with van der Waals surface area (Å²) in [6.07, 6.45) is -2.60. The van der Waals surface area contributed by atoms with Crippen LogP contribution >= 0.6 is 11.6 Å². The first-order valence-electron chi connectivity index (χ1n) is 12.7. The maximum absolute atomic E-state index is 14.3. The first kappa shape index (κ1) is 27.2. The molecule has 5 atom stereocenters. The second kappa shape index (κ2) is 10.3. The van der Waals surface area contributed by atoms with Crippen molar-refractivity contribution in [2.45, 2.75) is 56.5 Å². The van der Waals surface area contributed by atoms with Crippen molar-refractivity contribution in [1.82, 2.24) is 20.5 Å². The third kappa shape index (κ3) is 5.16. The molecule has 0 bridgehead atoms. The summed E-state index contributed by atoms with van der Waals surface area (Å²) in [5.74, 6) is -6.70. The number of benzene rings is 1. The van der Waals surface area contributed by atoms with Gasteiger partial charge in [0.1, 0.15) is 17.8 Å². The summed E-state index contributed by atoms with van der Waals surface area (Å²) in [6, 6.07) is 3.26. The van der Waals surface area contributed by atoms with Crippen LogP contribution in [0.2, 0.25) is 5.02 Å². The average molecular weight is 568 g/mol. The molecule has 39 heavy (non-hydrogen) atoms. The summed E-state index contributed by atoms with van der Waals surface area (Å²) in [7, 11) is 0. The van der Waals surface area contributed by atoms with Crippen LogP contribution in [0.4, 0.5) is 17.6 Å². The maximum Gasteiger partial charge on any atom is 0.271 e. The van der Waals surface area contributed by atoms with Gasteiger partial charge >= 0.3 is 0 Å². The largest absolute Gasteiger partial charge is 0.356 e. The molecule has 0 unspecified atom stereocenters. The minimum Gasteiger partial charge on any atom is -0.356 e. The molecule has 1 aliphatic carbocycles. The van der Waals surface area contributed by atoms with E-state index in [0.29, 0.717) is 13.0 Å². The number of fused-ring (bicyclic) bond motifs is 2. The third-order valence-corrected chi connectivity index (χ3v) is 8.35. The number of nitriles is 1. The number of nitrogens with one attached hydrogen (secondary N) is 3. The molecule has 3 N–H and O–H groups in total. The van der Waals surface area contributed by atoms with Crippen LogP contribution in [0.5, 0.6) is 0 Å². The fourth-order valence-electron chi connectivity index (χ4n) is 6.25. The number of amides is 3. The van der Waals surface area contributed by atoms with E-state index in [-0.39, 0.29) is 46.1 Å². The Labute approximate surface area is 226 Å². The Balaban J connectivity index is 1.42. The molecule has 0 radical (unpaired) electrons. The zero-order chi connectivity index (χ0) is 28.1. The van der Waals surface area contributed by atoms with Gasteiger partial charge in [0.15, 0.2) is 0 Å². The fraction of sp³-hybridized carbons (Fsp3) is 0.538. The SMILES string of the molecule is N#C[C@@H](C[C@H]1CCCNC1=O)NC(=O)[C@@H]1[C@H]2CC(F)(F)C[C@H]2CN1C(=O)c1cc2c(C(F)F)ccc(Cl)c2[nH]1. The normalized spacial score (nSPS) is 26.8. The average Bonchev–Trinajstić information content (AvgIpc) is 3.54. The monoisotopic (exact) mass is 567 g/mol. The highest BCUT2D eigenvalue weighted by Crippen LogP contribution is 2.50. The van der Waals surface area contributed by atoms with Gasteiger partial charge in [-0.15, -0.1) is 0 Å². The van der Waals surface area contributed by atoms with Gasteiger partial charge in [0, 0.05) is 42.8 Å². The number of hydrogen-bond donors (Lipinski definition) is 3. The number of alkyl halides is 4. The summed E-state index contributed by atoms with van der Waals surface area (Å²) in [5, 5.41) is 15.1. The Morgan fingerprint density at radius 2 is 2.05 bits per heavy atom. The predicted molar refractivity (Wildman–Crippen MR) is 132 cm³/mol. The number of H-pyrrole nitrogens is 1. The molecule has 13 heteroatoms. The van der Waals surface area contributed by atoms with Crippen molar-refractivity contribution in [3.63, 3.8) is 0 Å². The highest BCUT2D eigenvalue weighted by atomic mass is 35.5. The molecule has 3 amide bonds. The summed E-state index contributed by atoms with van der Waals surface area (Å²) in [4.78, 5) is 43.2. The van der Waals surface area contributed by atoms with Gasteiger partial charge < -0.3 is 20.5 Å². The number of aromatic nitrogens is 1. The topological polar surface area (TPSA) is 118 Å². The second-order valence-electron chi connectivity index (χ2n) is 10.6. The number of halogens is 5. The highest BCUT2D eigenvalue weighted by molar-refractivity contribution is 6.35. The molecule has 2 saturated heterocycles. The molecule has 3 heterocycles. The smallest absolute Gasteiger partial charge is 0.271 e. The van der Waals surface area contributed by atoms with E-state index < -0.39 is 66.8 Å². The molecule has 2 aliphatic heterocycles. The van der Waals surface area contributed by atoms with Crippen LogP contribution in [0.25, 0.3) is 10.9 Å². The van der Waals surface area contributed by atoms with E-state index in [1.54, 1.807) is 0 Å². The number of nitrogens with zero attached hydrogens (tertiary/aromatic N) is 2. The standard InChI is InChI=1S/C26H26ClF4N5O3/c27-18-4-3-15(22(28)29)16-7-19(35-20(16)18)25(39)36-11-13-8-26(30,31)9-17(13)21(36)24(38)34-14(10-32)6-12-2-1-5-33-23(12)37/h3-4,7,12-14,17,21-22,35H,1-2,5-6,8-9,11H2,(H,33,37)(H,34,38)/t12-,13+,14-,17+,21+/m1/s1. The molecule has 208 valence electrons. The Morgan fingerprint density at radius 3 is 2.74 bits per heavy atom. The van der Waals surface area contributed by atoms with Gasteiger partial charge in [-0.2, -0.15) is 5.26 Å². The maximum atomic E-state index is 14.3. The van der Waals surface area contributed by atoms with Gasteiger partial charge in [0.25, 0.3) is 12.3 Å². The van der Waals surface area contributed by atoms with E-state index in [9.17, 15) is 37.2 Å². The molecule has 3 aliphatic rings. The Bertz CT molecular complexity index is 1360. The molecule has 1 saturated carbocycles. The molecular formula is C26H26ClF4N5O3. The van der Waals surface area contributed by atoms with Crippen molar-refractivity contribution < 1.29 is 31.9 Å². The fourth-order valence-corrected chi connectivity index (χ4v) is 6.47. The van der Waals surface area contributed by atoms with Crippen molar-refractivity contribution in [3.05, 3.63) is 34.5 Å². The number of carbonyl (C=O) groups is 3. The van der Waals surface area contributed by atoms with Crippen LogP contribution in [0.3, 0.4) is 0 Å². The molecule has 1 aromatic heterocycles. The van der Waals surface area contributed by atoms with Crippen LogP contribution in [0.15, 0.2) is 18.2 Å². The van der Waals surface area contributed by atoms with Gasteiger partial charge in [-0.3, -0.25) is 14.4 Å². The number of rotatable bonds is 6. The van der Waals surface area contributed by atoms with Crippen LogP contribution in [-0.2, 0) is 9.59 Å². The van der Waals surface area contributed by atoms with Gasteiger partial charge in [-0.05, 0) is 43.2 Å². The summed E-state index contributed by atoms with van der Waals surface area (Å²) >= 11 is 6.16. The predicted octanol–water partition coefficient (Wildman–Crippen LogP) is 4.17. The lowest BCUT2D eigenvalue weighted by molar-refractivity contribution is -0.129. The Kier molecular flexibility index (Phi) is 7.22. The summed E-state index contributed by atoms with van der Waals surface area (Å²) < 4.78 is 55.7. The summed E-state index contributed by atoms with van der Waals surface area (Å²) in [6.45, 7) is 0.400. The Hall–Kier alpha value is -3.33. The lowest BCUT2D eigenvalue weighted by Gasteiger charge is -2.29. The minimum absolute atomic E-state index is 0.0445. The van der Waals surface area contributed by atoms with Crippen LogP contribution in [-0.4, -0.2) is 58.7 Å². The molecule has 2 aromatic rings. The first-order chi connectivity index (χ1) is 18.5. The van der Waals surface area contributed by atoms with Crippen molar-refractivity contribution in [2.24, 2.45) is 17.8 Å². The van der Waals surface area contributed by atoms with Gasteiger partial charge in [-0.25, -0.2) is 17.6 Å². The zero-order valence-electron chi connectivity index (χ0n) is 20.7. The quantitative estimate of drug-likeness (QED) is 0.454. The number of hydrogen-bond acceptors (Lipinski definition) is 4. The van der Waals surface area contributed by atoms with Crippen molar-refractivity contribution in [1.29, 1.82) is 5.26 Å². The number of carbonyl (C=O) groups excluding carboxylic acids is 3. The number of likely N-dealkylation sites (tertiary alicyclic amines) is 1. The minimum atomic E-state index is -3.00. The van der Waals surface area contributed by atoms with Gasteiger partial charge in [0.05, 0.1) is 16.6 Å². The van der Waals surface area contributed by atoms with E-state index in [1.807, 2.05) is 6.07 Å². The van der Waals surface area contributed by atoms with Gasteiger partial charge in [-0.1, -0.05) is 17.7 Å². The molecule has 0 spiro atoms. The van der Waals surface area contributed by atoms with Crippen LogP contribution in [0, 0.1) is 29.1 Å². The molecule has 8 nitrogen and oxygen atoms in total. The molecule has 5 rings (SSSR count). The Morgan fingerprint density at radius 1 is 1.28 bits per heavy atom. The zero-order valence-corrected chi connectivity index (χ0v) is 21.4. The number of piperidine rings is 1. The van der Waals surface area contributed by atoms with Crippen molar-refractivity contribution in [2.75, 3.05) is 13.1 Å². The van der Waals surface area contributed by atoms with E-state index in [4.69, 9.17) is 11.6 Å².